The van der Waals surface area contributed by atoms with Gasteiger partial charge in [-0.25, -0.2) is 0 Å². The van der Waals surface area contributed by atoms with E-state index < -0.39 is 0 Å². The lowest BCUT2D eigenvalue weighted by Gasteiger charge is -2.20. The summed E-state index contributed by atoms with van der Waals surface area (Å²) >= 11 is 0. The minimum atomic E-state index is 0.0960. The molecule has 0 aromatic heterocycles. The molecular formula is C12H16N2. The van der Waals surface area contributed by atoms with Crippen molar-refractivity contribution in [3.63, 3.8) is 0 Å². The summed E-state index contributed by atoms with van der Waals surface area (Å²) in [6, 6.07) is 0.0960. The van der Waals surface area contributed by atoms with Gasteiger partial charge in [0.2, 0.25) is 0 Å². The summed E-state index contributed by atoms with van der Waals surface area (Å²) in [4.78, 5) is 8.71. The second-order valence-corrected chi connectivity index (χ2v) is 3.04. The van der Waals surface area contributed by atoms with E-state index in [1.807, 2.05) is 38.3 Å². The van der Waals surface area contributed by atoms with Gasteiger partial charge in [0.1, 0.15) is 6.04 Å². The summed E-state index contributed by atoms with van der Waals surface area (Å²) < 4.78 is 0. The first-order valence-corrected chi connectivity index (χ1v) is 4.81. The average molecular weight is 188 g/mol. The molecule has 1 heterocycles. The molecule has 0 spiro atoms. The molecule has 74 valence electrons. The minimum absolute atomic E-state index is 0.0960. The summed E-state index contributed by atoms with van der Waals surface area (Å²) in [7, 11) is 0. The first-order chi connectivity index (χ1) is 6.83. The van der Waals surface area contributed by atoms with Gasteiger partial charge in [-0.2, -0.15) is 0 Å². The standard InChI is InChI=1S/C12H16N2/c1-4-10-8-7-9-14-12(10)11(5-2)13-6-3/h4-10,12H,1H2,2-3H3/b11-5-,13-6?. The SMILES string of the molecule is C=CC1C=CC=NC1/C(=C/C)N=CC. The van der Waals surface area contributed by atoms with Gasteiger partial charge in [-0.1, -0.05) is 18.2 Å². The van der Waals surface area contributed by atoms with Crippen molar-refractivity contribution in [2.75, 3.05) is 0 Å². The van der Waals surface area contributed by atoms with Gasteiger partial charge in [-0.3, -0.25) is 9.98 Å². The molecule has 0 N–H and O–H groups in total. The van der Waals surface area contributed by atoms with E-state index in [1.165, 1.54) is 0 Å². The lowest BCUT2D eigenvalue weighted by Crippen LogP contribution is -2.19. The fourth-order valence-electron chi connectivity index (χ4n) is 1.48. The highest BCUT2D eigenvalue weighted by atomic mass is 14.9. The Hall–Kier alpha value is -1.44. The Morgan fingerprint density at radius 2 is 2.29 bits per heavy atom. The van der Waals surface area contributed by atoms with Crippen LogP contribution in [0.3, 0.4) is 0 Å². The van der Waals surface area contributed by atoms with Crippen molar-refractivity contribution in [3.05, 3.63) is 36.6 Å². The zero-order valence-electron chi connectivity index (χ0n) is 8.72. The predicted molar refractivity (Wildman–Crippen MR) is 63.0 cm³/mol. The first kappa shape index (κ1) is 10.6. The number of allylic oxidation sites excluding steroid dienone is 2. The zero-order chi connectivity index (χ0) is 10.4. The minimum Gasteiger partial charge on any atom is -0.283 e. The van der Waals surface area contributed by atoms with Crippen LogP contribution in [0.15, 0.2) is 46.6 Å². The van der Waals surface area contributed by atoms with Crippen molar-refractivity contribution in [2.24, 2.45) is 15.9 Å². The third-order valence-electron chi connectivity index (χ3n) is 2.18. The molecule has 2 unspecified atom stereocenters. The van der Waals surface area contributed by atoms with Crippen LogP contribution < -0.4 is 0 Å². The molecular weight excluding hydrogens is 172 g/mol. The van der Waals surface area contributed by atoms with E-state index >= 15 is 0 Å². The Morgan fingerprint density at radius 3 is 2.86 bits per heavy atom. The van der Waals surface area contributed by atoms with Gasteiger partial charge in [0.25, 0.3) is 0 Å². The van der Waals surface area contributed by atoms with Crippen LogP contribution in [0.2, 0.25) is 0 Å². The van der Waals surface area contributed by atoms with Crippen LogP contribution in [0, 0.1) is 5.92 Å². The van der Waals surface area contributed by atoms with E-state index in [9.17, 15) is 0 Å². The normalized spacial score (nSPS) is 27.1. The summed E-state index contributed by atoms with van der Waals surface area (Å²) in [6.45, 7) is 7.70. The monoisotopic (exact) mass is 188 g/mol. The molecule has 0 amide bonds. The van der Waals surface area contributed by atoms with E-state index in [4.69, 9.17) is 0 Å². The molecule has 0 saturated heterocycles. The Morgan fingerprint density at radius 1 is 1.50 bits per heavy atom. The van der Waals surface area contributed by atoms with E-state index in [0.717, 1.165) is 5.70 Å². The largest absolute Gasteiger partial charge is 0.283 e. The molecule has 0 aliphatic carbocycles. The molecule has 0 aromatic rings. The molecule has 0 fully saturated rings. The molecule has 0 radical (unpaired) electrons. The maximum Gasteiger partial charge on any atom is 0.101 e. The highest BCUT2D eigenvalue weighted by molar-refractivity contribution is 5.73. The van der Waals surface area contributed by atoms with Gasteiger partial charge in [0.05, 0.1) is 5.70 Å². The van der Waals surface area contributed by atoms with E-state index in [2.05, 4.69) is 22.6 Å². The maximum atomic E-state index is 4.41. The van der Waals surface area contributed by atoms with Crippen molar-refractivity contribution in [1.29, 1.82) is 0 Å². The fourth-order valence-corrected chi connectivity index (χ4v) is 1.48. The maximum absolute atomic E-state index is 4.41. The Labute approximate surface area is 85.5 Å². The van der Waals surface area contributed by atoms with Crippen molar-refractivity contribution in [3.8, 4) is 0 Å². The second kappa shape index (κ2) is 5.32. The third-order valence-corrected chi connectivity index (χ3v) is 2.18. The van der Waals surface area contributed by atoms with Crippen molar-refractivity contribution in [1.82, 2.24) is 0 Å². The molecule has 2 atom stereocenters. The molecule has 0 aromatic carbocycles. The quantitative estimate of drug-likeness (QED) is 0.480. The van der Waals surface area contributed by atoms with Crippen LogP contribution in [0.5, 0.6) is 0 Å². The summed E-state index contributed by atoms with van der Waals surface area (Å²) in [5, 5.41) is 0. The van der Waals surface area contributed by atoms with Gasteiger partial charge in [-0.05, 0) is 19.9 Å². The third kappa shape index (κ3) is 2.28. The van der Waals surface area contributed by atoms with Gasteiger partial charge in [0, 0.05) is 18.3 Å². The first-order valence-electron chi connectivity index (χ1n) is 4.81. The highest BCUT2D eigenvalue weighted by Crippen LogP contribution is 2.22. The van der Waals surface area contributed by atoms with Gasteiger partial charge >= 0.3 is 0 Å². The van der Waals surface area contributed by atoms with Gasteiger partial charge < -0.3 is 0 Å². The van der Waals surface area contributed by atoms with Crippen molar-refractivity contribution >= 4 is 12.4 Å². The fraction of sp³-hybridized carbons (Fsp3) is 0.333. The second-order valence-electron chi connectivity index (χ2n) is 3.04. The molecule has 2 nitrogen and oxygen atoms in total. The molecule has 0 bridgehead atoms. The van der Waals surface area contributed by atoms with Crippen LogP contribution in [0.1, 0.15) is 13.8 Å². The summed E-state index contributed by atoms with van der Waals surface area (Å²) in [5.74, 6) is 0.259. The van der Waals surface area contributed by atoms with Gasteiger partial charge in [-0.15, -0.1) is 6.58 Å². The molecule has 1 rings (SSSR count). The van der Waals surface area contributed by atoms with E-state index in [-0.39, 0.29) is 12.0 Å². The highest BCUT2D eigenvalue weighted by Gasteiger charge is 2.19. The van der Waals surface area contributed by atoms with Crippen LogP contribution in [-0.4, -0.2) is 18.5 Å². The topological polar surface area (TPSA) is 24.7 Å². The predicted octanol–water partition coefficient (Wildman–Crippen LogP) is 2.79. The number of hydrogen-bond donors (Lipinski definition) is 0. The van der Waals surface area contributed by atoms with Crippen LogP contribution in [0.4, 0.5) is 0 Å². The number of hydrogen-bond acceptors (Lipinski definition) is 2. The molecule has 0 saturated carbocycles. The smallest absolute Gasteiger partial charge is 0.101 e. The Bertz CT molecular complexity index is 308. The Balaban J connectivity index is 2.89. The van der Waals surface area contributed by atoms with Crippen molar-refractivity contribution in [2.45, 2.75) is 19.9 Å². The zero-order valence-corrected chi connectivity index (χ0v) is 8.72. The molecule has 1 aliphatic rings. The Kier molecular flexibility index (Phi) is 4.05. The van der Waals surface area contributed by atoms with Crippen molar-refractivity contribution < 1.29 is 0 Å². The number of nitrogens with zero attached hydrogens (tertiary/aromatic N) is 2. The molecule has 14 heavy (non-hydrogen) atoms. The van der Waals surface area contributed by atoms with E-state index in [0.29, 0.717) is 0 Å². The number of rotatable bonds is 3. The summed E-state index contributed by atoms with van der Waals surface area (Å²) in [5.41, 5.74) is 0.998. The average Bonchev–Trinajstić information content (AvgIpc) is 2.26. The number of aliphatic imine (C=N–C) groups is 2. The van der Waals surface area contributed by atoms with Gasteiger partial charge in [0.15, 0.2) is 0 Å². The summed E-state index contributed by atoms with van der Waals surface area (Å²) in [6.07, 6.45) is 11.6. The van der Waals surface area contributed by atoms with Crippen LogP contribution in [-0.2, 0) is 0 Å². The van der Waals surface area contributed by atoms with Crippen LogP contribution >= 0.6 is 0 Å². The number of dihydropyridines is 1. The molecule has 2 heteroatoms. The van der Waals surface area contributed by atoms with Crippen LogP contribution in [0.25, 0.3) is 0 Å². The molecule has 1 aliphatic heterocycles. The van der Waals surface area contributed by atoms with E-state index in [1.54, 1.807) is 6.21 Å². The lowest BCUT2D eigenvalue weighted by atomic mass is 9.95. The lowest BCUT2D eigenvalue weighted by molar-refractivity contribution is 0.652.